The standard InChI is InChI=1S/C43H56O25/c1-16(2)8-9-60-39(58)37-32(53)31(52)35(56)43(67-37)66-36-21(45)10-17(11-22(36)46)4-7-25(47)61-14-23-27(48)29(50)33(54)41(64-23)63-15-24-28(49)30(51)34(55)42(65-24)68-40-26-18(12-44)5-6-19(26)20(13-62-40)38(57)59-3/h4-5,7-8,10-11,13,19,23-24,26-35,37,40-46,48-56H,6,9,12,14-15H2,1-3H3/b7-4+/t19?,23-,24-,26?,27-,28-,29+,30+,31+,32+,33-,34-,35-,37+,40?,41-,42+,43-/m1/s1. The molecule has 0 saturated carbocycles. The molecule has 6 rings (SSSR count). The molecule has 25 nitrogen and oxygen atoms in total. The Balaban J connectivity index is 1.03. The first-order valence-electron chi connectivity index (χ1n) is 21.2. The van der Waals surface area contributed by atoms with Crippen molar-refractivity contribution in [2.45, 2.75) is 119 Å². The van der Waals surface area contributed by atoms with Gasteiger partial charge in [-0.3, -0.25) is 0 Å². The Kier molecular flexibility index (Phi) is 17.6. The summed E-state index contributed by atoms with van der Waals surface area (Å²) < 4.78 is 54.2. The number of carbonyl (C=O) groups excluding carboxylic acids is 3. The number of methoxy groups -OCH3 is 1. The highest BCUT2D eigenvalue weighted by Gasteiger charge is 2.52. The van der Waals surface area contributed by atoms with Gasteiger partial charge in [-0.2, -0.15) is 0 Å². The largest absolute Gasteiger partial charge is 0.504 e. The van der Waals surface area contributed by atoms with Crippen LogP contribution in [0.15, 0.2) is 53.3 Å². The van der Waals surface area contributed by atoms with Crippen LogP contribution in [0.4, 0.5) is 0 Å². The molecule has 378 valence electrons. The number of aliphatic hydroxyl groups is 10. The maximum atomic E-state index is 12.7. The molecule has 4 heterocycles. The molecule has 1 aliphatic carbocycles. The van der Waals surface area contributed by atoms with Crippen molar-refractivity contribution in [3.05, 3.63) is 58.9 Å². The van der Waals surface area contributed by atoms with Crippen LogP contribution in [0.25, 0.3) is 6.08 Å². The predicted octanol–water partition coefficient (Wildman–Crippen LogP) is -4.03. The number of ether oxygens (including phenoxy) is 10. The molecule has 0 bridgehead atoms. The van der Waals surface area contributed by atoms with Crippen LogP contribution in [0.2, 0.25) is 0 Å². The summed E-state index contributed by atoms with van der Waals surface area (Å²) in [5, 5.41) is 127. The minimum atomic E-state index is -1.97. The van der Waals surface area contributed by atoms with Gasteiger partial charge < -0.3 is 109 Å². The molecule has 0 aromatic heterocycles. The molecule has 68 heavy (non-hydrogen) atoms. The van der Waals surface area contributed by atoms with Gasteiger partial charge >= 0.3 is 17.9 Å². The summed E-state index contributed by atoms with van der Waals surface area (Å²) in [6.07, 6.45) is -21.9. The SMILES string of the molecule is COC(=O)C1=COC(O[C@@H]2O[C@H](CO[C@@H]3O[C@H](COC(=O)/C=C/c4cc(O)c(O[C@@H]5O[C@H](C(=O)OCC=C(C)C)[C@@H](O)[C@H](O)[C@H]5O)c(O)c4)[C@@H](O)[C@H](O)[C@H]3O)[C@@H](O)[C@H](O)[C@H]2O)C2C(CO)=CCC12. The van der Waals surface area contributed by atoms with Crippen molar-refractivity contribution in [3.63, 3.8) is 0 Å². The third kappa shape index (κ3) is 11.6. The topological polar surface area (TPSA) is 386 Å². The highest BCUT2D eigenvalue weighted by molar-refractivity contribution is 5.89. The fourth-order valence-electron chi connectivity index (χ4n) is 7.94. The molecule has 18 atom stereocenters. The first-order chi connectivity index (χ1) is 32.2. The van der Waals surface area contributed by atoms with Crippen LogP contribution in [-0.2, 0) is 57.0 Å². The quantitative estimate of drug-likeness (QED) is 0.0325. The Morgan fingerprint density at radius 1 is 0.735 bits per heavy atom. The smallest absolute Gasteiger partial charge is 0.338 e. The Morgan fingerprint density at radius 2 is 1.34 bits per heavy atom. The number of esters is 3. The lowest BCUT2D eigenvalue weighted by Crippen LogP contribution is -2.62. The number of benzene rings is 1. The molecule has 25 heteroatoms. The number of aliphatic hydroxyl groups excluding tert-OH is 10. The van der Waals surface area contributed by atoms with Gasteiger partial charge in [0.05, 0.1) is 38.1 Å². The van der Waals surface area contributed by atoms with Crippen molar-refractivity contribution in [1.82, 2.24) is 0 Å². The van der Waals surface area contributed by atoms with E-state index < -0.39 is 165 Å². The van der Waals surface area contributed by atoms with E-state index in [1.54, 1.807) is 26.0 Å². The highest BCUT2D eigenvalue weighted by atomic mass is 16.8. The third-order valence-electron chi connectivity index (χ3n) is 11.8. The summed E-state index contributed by atoms with van der Waals surface area (Å²) in [5.41, 5.74) is 1.45. The molecule has 3 fully saturated rings. The van der Waals surface area contributed by atoms with E-state index in [2.05, 4.69) is 0 Å². The van der Waals surface area contributed by atoms with E-state index >= 15 is 0 Å². The van der Waals surface area contributed by atoms with E-state index in [1.807, 2.05) is 0 Å². The molecule has 0 radical (unpaired) electrons. The minimum absolute atomic E-state index is 0.0192. The molecular formula is C43H56O25. The van der Waals surface area contributed by atoms with Crippen molar-refractivity contribution in [1.29, 1.82) is 0 Å². The summed E-state index contributed by atoms with van der Waals surface area (Å²) in [6.45, 7) is 1.47. The van der Waals surface area contributed by atoms with Gasteiger partial charge in [0.2, 0.25) is 18.3 Å². The van der Waals surface area contributed by atoms with Crippen LogP contribution >= 0.6 is 0 Å². The molecule has 12 N–H and O–H groups in total. The lowest BCUT2D eigenvalue weighted by atomic mass is 9.83. The van der Waals surface area contributed by atoms with Crippen LogP contribution in [0.1, 0.15) is 25.8 Å². The summed E-state index contributed by atoms with van der Waals surface area (Å²) in [6, 6.07) is 2.00. The normalized spacial score (nSPS) is 37.0. The van der Waals surface area contributed by atoms with Gasteiger partial charge in [-0.25, -0.2) is 14.4 Å². The summed E-state index contributed by atoms with van der Waals surface area (Å²) >= 11 is 0. The first-order valence-corrected chi connectivity index (χ1v) is 21.2. The van der Waals surface area contributed by atoms with E-state index in [-0.39, 0.29) is 17.7 Å². The number of phenols is 2. The number of aromatic hydroxyl groups is 2. The van der Waals surface area contributed by atoms with Gasteiger partial charge in [0.25, 0.3) is 0 Å². The van der Waals surface area contributed by atoms with Crippen LogP contribution in [0.3, 0.4) is 0 Å². The fraction of sp³-hybridized carbons (Fsp3) is 0.605. The van der Waals surface area contributed by atoms with Crippen LogP contribution in [0, 0.1) is 11.8 Å². The molecule has 1 aromatic carbocycles. The van der Waals surface area contributed by atoms with Crippen molar-refractivity contribution in [2.24, 2.45) is 11.8 Å². The predicted molar refractivity (Wildman–Crippen MR) is 220 cm³/mol. The molecule has 3 saturated heterocycles. The highest BCUT2D eigenvalue weighted by Crippen LogP contribution is 2.45. The summed E-state index contributed by atoms with van der Waals surface area (Å²) in [5.74, 6) is -6.31. The number of allylic oxidation sites excluding steroid dienone is 2. The molecule has 4 aliphatic heterocycles. The van der Waals surface area contributed by atoms with Crippen LogP contribution < -0.4 is 4.74 Å². The van der Waals surface area contributed by atoms with Crippen molar-refractivity contribution in [3.8, 4) is 17.2 Å². The second kappa shape index (κ2) is 22.7. The third-order valence-corrected chi connectivity index (χ3v) is 11.8. The Morgan fingerprint density at radius 3 is 1.97 bits per heavy atom. The second-order valence-corrected chi connectivity index (χ2v) is 16.7. The lowest BCUT2D eigenvalue weighted by Gasteiger charge is -2.44. The van der Waals surface area contributed by atoms with Gasteiger partial charge in [-0.05, 0) is 55.7 Å². The van der Waals surface area contributed by atoms with Gasteiger partial charge in [0, 0.05) is 12.0 Å². The number of carbonyl (C=O) groups is 3. The summed E-state index contributed by atoms with van der Waals surface area (Å²) in [7, 11) is 1.19. The zero-order chi connectivity index (χ0) is 49.7. The van der Waals surface area contributed by atoms with E-state index in [0.29, 0.717) is 12.0 Å². The number of phenolic OH excluding ortho intramolecular Hbond substituents is 2. The Bertz CT molecular complexity index is 2040. The zero-order valence-electron chi connectivity index (χ0n) is 36.6. The minimum Gasteiger partial charge on any atom is -0.504 e. The van der Waals surface area contributed by atoms with Crippen molar-refractivity contribution < 1.29 is 123 Å². The van der Waals surface area contributed by atoms with Crippen molar-refractivity contribution >= 4 is 24.0 Å². The molecule has 1 aromatic rings. The van der Waals surface area contributed by atoms with E-state index in [0.717, 1.165) is 36.1 Å². The second-order valence-electron chi connectivity index (χ2n) is 16.7. The molecule has 3 unspecified atom stereocenters. The van der Waals surface area contributed by atoms with E-state index in [9.17, 15) is 75.7 Å². The van der Waals surface area contributed by atoms with Crippen molar-refractivity contribution in [2.75, 3.05) is 33.5 Å². The number of rotatable bonds is 16. The fourth-order valence-corrected chi connectivity index (χ4v) is 7.94. The van der Waals surface area contributed by atoms with E-state index in [1.165, 1.54) is 7.11 Å². The monoisotopic (exact) mass is 972 g/mol. The lowest BCUT2D eigenvalue weighted by molar-refractivity contribution is -0.352. The Hall–Kier alpha value is -4.81. The van der Waals surface area contributed by atoms with Crippen LogP contribution in [0.5, 0.6) is 17.2 Å². The Labute approximate surface area is 386 Å². The van der Waals surface area contributed by atoms with Gasteiger partial charge in [-0.1, -0.05) is 11.6 Å². The maximum absolute atomic E-state index is 12.7. The number of hydrogen-bond donors (Lipinski definition) is 12. The van der Waals surface area contributed by atoms with E-state index in [4.69, 9.17) is 47.4 Å². The molecule has 0 spiro atoms. The molecular weight excluding hydrogens is 916 g/mol. The number of fused-ring (bicyclic) bond motifs is 1. The summed E-state index contributed by atoms with van der Waals surface area (Å²) in [4.78, 5) is 37.6. The van der Waals surface area contributed by atoms with Crippen LogP contribution in [-0.4, -0.2) is 211 Å². The van der Waals surface area contributed by atoms with Gasteiger partial charge in [0.1, 0.15) is 80.4 Å². The average molecular weight is 973 g/mol. The number of hydrogen-bond acceptors (Lipinski definition) is 25. The maximum Gasteiger partial charge on any atom is 0.338 e. The van der Waals surface area contributed by atoms with Gasteiger partial charge in [-0.15, -0.1) is 0 Å². The zero-order valence-corrected chi connectivity index (χ0v) is 36.6. The first kappa shape index (κ1) is 52.6. The molecule has 0 amide bonds. The molecule has 5 aliphatic rings. The van der Waals surface area contributed by atoms with Gasteiger partial charge in [0.15, 0.2) is 30.2 Å². The average Bonchev–Trinajstić information content (AvgIpc) is 3.75.